The Labute approximate surface area is 146 Å². The monoisotopic (exact) mass is 345 g/mol. The molecule has 1 N–H and O–H groups in total. The van der Waals surface area contributed by atoms with E-state index in [4.69, 9.17) is 16.3 Å². The Bertz CT molecular complexity index is 693. The topological polar surface area (TPSA) is 54.5 Å². The number of morpholine rings is 1. The lowest BCUT2D eigenvalue weighted by Crippen LogP contribution is -2.48. The van der Waals surface area contributed by atoms with Gasteiger partial charge < -0.3 is 15.0 Å². The normalized spacial score (nSPS) is 20.7. The minimum atomic E-state index is -0.0115. The first-order chi connectivity index (χ1) is 11.5. The van der Waals surface area contributed by atoms with E-state index in [1.807, 2.05) is 43.0 Å². The molecule has 1 amide bonds. The highest BCUT2D eigenvalue weighted by molar-refractivity contribution is 6.30. The molecule has 0 spiro atoms. The van der Waals surface area contributed by atoms with Gasteiger partial charge in [-0.05, 0) is 50.2 Å². The van der Waals surface area contributed by atoms with Gasteiger partial charge in [-0.3, -0.25) is 4.79 Å². The second kappa shape index (κ2) is 7.20. The number of anilines is 2. The quantitative estimate of drug-likeness (QED) is 0.921. The highest BCUT2D eigenvalue weighted by Gasteiger charge is 2.26. The van der Waals surface area contributed by atoms with Crippen LogP contribution in [-0.4, -0.2) is 41.1 Å². The smallest absolute Gasteiger partial charge is 0.255 e. The van der Waals surface area contributed by atoms with Crippen LogP contribution in [0.2, 0.25) is 5.02 Å². The molecule has 2 aromatic rings. The maximum atomic E-state index is 12.6. The molecule has 24 heavy (non-hydrogen) atoms. The van der Waals surface area contributed by atoms with Crippen LogP contribution in [0.15, 0.2) is 42.6 Å². The van der Waals surface area contributed by atoms with Gasteiger partial charge >= 0.3 is 0 Å². The average molecular weight is 346 g/mol. The summed E-state index contributed by atoms with van der Waals surface area (Å²) in [5, 5.41) is 3.86. The standard InChI is InChI=1S/C18H20ClN3O2/c1-12-10-22(11-13(2)24-12)18(23)14-3-8-17(20-9-14)21-16-6-4-15(19)5-7-16/h3-9,12-13H,10-11H2,1-2H3,(H,20,21). The van der Waals surface area contributed by atoms with Crippen LogP contribution in [0.3, 0.4) is 0 Å². The number of carbonyl (C=O) groups is 1. The first kappa shape index (κ1) is 16.7. The number of aromatic nitrogens is 1. The van der Waals surface area contributed by atoms with Crippen molar-refractivity contribution in [2.75, 3.05) is 18.4 Å². The Kier molecular flexibility index (Phi) is 5.02. The number of nitrogens with one attached hydrogen (secondary N) is 1. The van der Waals surface area contributed by atoms with Crippen molar-refractivity contribution in [3.63, 3.8) is 0 Å². The van der Waals surface area contributed by atoms with Gasteiger partial charge in [0.1, 0.15) is 5.82 Å². The van der Waals surface area contributed by atoms with Gasteiger partial charge in [0, 0.05) is 30.0 Å². The molecule has 3 rings (SSSR count). The number of pyridine rings is 1. The highest BCUT2D eigenvalue weighted by atomic mass is 35.5. The average Bonchev–Trinajstić information content (AvgIpc) is 2.56. The van der Waals surface area contributed by atoms with Crippen molar-refractivity contribution in [3.05, 3.63) is 53.2 Å². The molecule has 1 aliphatic heterocycles. The van der Waals surface area contributed by atoms with Crippen LogP contribution < -0.4 is 5.32 Å². The summed E-state index contributed by atoms with van der Waals surface area (Å²) in [6.07, 6.45) is 1.71. The van der Waals surface area contributed by atoms with Crippen molar-refractivity contribution >= 4 is 29.0 Å². The number of nitrogens with zero attached hydrogens (tertiary/aromatic N) is 2. The van der Waals surface area contributed by atoms with E-state index in [1.54, 1.807) is 18.3 Å². The molecule has 0 saturated carbocycles. The van der Waals surface area contributed by atoms with Gasteiger partial charge in [-0.25, -0.2) is 4.98 Å². The fourth-order valence-electron chi connectivity index (χ4n) is 2.80. The van der Waals surface area contributed by atoms with Gasteiger partial charge in [-0.15, -0.1) is 0 Å². The third kappa shape index (κ3) is 4.04. The summed E-state index contributed by atoms with van der Waals surface area (Å²) in [6.45, 7) is 5.17. The van der Waals surface area contributed by atoms with Crippen molar-refractivity contribution in [2.45, 2.75) is 26.1 Å². The zero-order valence-corrected chi connectivity index (χ0v) is 14.5. The van der Waals surface area contributed by atoms with Crippen LogP contribution in [0.5, 0.6) is 0 Å². The largest absolute Gasteiger partial charge is 0.372 e. The van der Waals surface area contributed by atoms with Gasteiger partial charge in [0.15, 0.2) is 0 Å². The molecule has 0 radical (unpaired) electrons. The van der Waals surface area contributed by atoms with Crippen molar-refractivity contribution < 1.29 is 9.53 Å². The lowest BCUT2D eigenvalue weighted by atomic mass is 10.2. The molecule has 2 atom stereocenters. The number of hydrogen-bond acceptors (Lipinski definition) is 4. The molecule has 1 fully saturated rings. The minimum Gasteiger partial charge on any atom is -0.372 e. The van der Waals surface area contributed by atoms with E-state index in [2.05, 4.69) is 10.3 Å². The third-order valence-corrected chi connectivity index (χ3v) is 4.09. The van der Waals surface area contributed by atoms with E-state index >= 15 is 0 Å². The van der Waals surface area contributed by atoms with E-state index in [0.29, 0.717) is 29.5 Å². The Morgan fingerprint density at radius 2 is 1.83 bits per heavy atom. The van der Waals surface area contributed by atoms with Crippen LogP contribution >= 0.6 is 11.6 Å². The Morgan fingerprint density at radius 1 is 1.17 bits per heavy atom. The van der Waals surface area contributed by atoms with Crippen molar-refractivity contribution in [2.24, 2.45) is 0 Å². The summed E-state index contributed by atoms with van der Waals surface area (Å²) in [5.74, 6) is 0.667. The number of ether oxygens (including phenoxy) is 1. The maximum absolute atomic E-state index is 12.6. The molecule has 126 valence electrons. The first-order valence-corrected chi connectivity index (χ1v) is 8.32. The zero-order valence-electron chi connectivity index (χ0n) is 13.7. The number of halogens is 1. The number of benzene rings is 1. The summed E-state index contributed by atoms with van der Waals surface area (Å²) in [6, 6.07) is 11.0. The summed E-state index contributed by atoms with van der Waals surface area (Å²) in [7, 11) is 0. The summed E-state index contributed by atoms with van der Waals surface area (Å²) in [4.78, 5) is 18.7. The van der Waals surface area contributed by atoms with Gasteiger partial charge in [0.2, 0.25) is 0 Å². The molecule has 0 aliphatic carbocycles. The Balaban J connectivity index is 1.67. The molecule has 2 heterocycles. The predicted octanol–water partition coefficient (Wildman–Crippen LogP) is 3.73. The second-order valence-electron chi connectivity index (χ2n) is 6.03. The van der Waals surface area contributed by atoms with Crippen LogP contribution in [0, 0.1) is 0 Å². The maximum Gasteiger partial charge on any atom is 0.255 e. The molecule has 2 unspecified atom stereocenters. The van der Waals surface area contributed by atoms with Crippen LogP contribution in [0.1, 0.15) is 24.2 Å². The molecular weight excluding hydrogens is 326 g/mol. The van der Waals surface area contributed by atoms with Crippen molar-refractivity contribution in [1.82, 2.24) is 9.88 Å². The second-order valence-corrected chi connectivity index (χ2v) is 6.47. The first-order valence-electron chi connectivity index (χ1n) is 7.94. The number of hydrogen-bond donors (Lipinski definition) is 1. The van der Waals surface area contributed by atoms with E-state index in [9.17, 15) is 4.79 Å². The van der Waals surface area contributed by atoms with Crippen LogP contribution in [-0.2, 0) is 4.74 Å². The molecule has 5 nitrogen and oxygen atoms in total. The van der Waals surface area contributed by atoms with E-state index in [0.717, 1.165) is 5.69 Å². The lowest BCUT2D eigenvalue weighted by molar-refractivity contribution is -0.0586. The fourth-order valence-corrected chi connectivity index (χ4v) is 2.93. The van der Waals surface area contributed by atoms with E-state index in [1.165, 1.54) is 0 Å². The molecule has 1 aliphatic rings. The van der Waals surface area contributed by atoms with Crippen LogP contribution in [0.4, 0.5) is 11.5 Å². The molecule has 1 saturated heterocycles. The number of rotatable bonds is 3. The number of amides is 1. The summed E-state index contributed by atoms with van der Waals surface area (Å²) in [5.41, 5.74) is 1.47. The molecule has 1 aromatic heterocycles. The minimum absolute atomic E-state index is 0.0115. The Hall–Kier alpha value is -2.11. The van der Waals surface area contributed by atoms with Gasteiger partial charge in [-0.1, -0.05) is 11.6 Å². The van der Waals surface area contributed by atoms with Gasteiger partial charge in [-0.2, -0.15) is 0 Å². The highest BCUT2D eigenvalue weighted by Crippen LogP contribution is 2.19. The van der Waals surface area contributed by atoms with Crippen molar-refractivity contribution in [1.29, 1.82) is 0 Å². The van der Waals surface area contributed by atoms with Crippen LogP contribution in [0.25, 0.3) is 0 Å². The zero-order chi connectivity index (χ0) is 17.1. The summed E-state index contributed by atoms with van der Waals surface area (Å²) < 4.78 is 5.67. The SMILES string of the molecule is CC1CN(C(=O)c2ccc(Nc3ccc(Cl)cc3)nc2)CC(C)O1. The van der Waals surface area contributed by atoms with E-state index in [-0.39, 0.29) is 18.1 Å². The predicted molar refractivity (Wildman–Crippen MR) is 94.9 cm³/mol. The summed E-state index contributed by atoms with van der Waals surface area (Å²) >= 11 is 5.87. The Morgan fingerprint density at radius 3 is 2.42 bits per heavy atom. The molecule has 6 heteroatoms. The fraction of sp³-hybridized carbons (Fsp3) is 0.333. The molecule has 0 bridgehead atoms. The number of carbonyl (C=O) groups excluding carboxylic acids is 1. The molecule has 1 aromatic carbocycles. The van der Waals surface area contributed by atoms with Gasteiger partial charge in [0.25, 0.3) is 5.91 Å². The third-order valence-electron chi connectivity index (χ3n) is 3.83. The van der Waals surface area contributed by atoms with Crippen molar-refractivity contribution in [3.8, 4) is 0 Å². The molecular formula is C18H20ClN3O2. The van der Waals surface area contributed by atoms with Gasteiger partial charge in [0.05, 0.1) is 17.8 Å². The lowest BCUT2D eigenvalue weighted by Gasteiger charge is -2.35. The van der Waals surface area contributed by atoms with E-state index < -0.39 is 0 Å².